The molecule has 0 heterocycles. The number of carbonyl (C=O) groups excluding carboxylic acids is 2. The van der Waals surface area contributed by atoms with Crippen LogP contribution in [0.2, 0.25) is 0 Å². The van der Waals surface area contributed by atoms with Crippen LogP contribution in [0.25, 0.3) is 0 Å². The van der Waals surface area contributed by atoms with Gasteiger partial charge in [-0.05, 0) is 41.5 Å². The molecule has 0 unspecified atom stereocenters. The topological polar surface area (TPSA) is 52.6 Å². The van der Waals surface area contributed by atoms with Crippen molar-refractivity contribution in [1.29, 1.82) is 0 Å². The van der Waals surface area contributed by atoms with Crippen LogP contribution in [0.1, 0.15) is 41.5 Å². The third kappa shape index (κ3) is 11.8. The van der Waals surface area contributed by atoms with Crippen molar-refractivity contribution in [2.24, 2.45) is 10.8 Å². The molecule has 0 fully saturated rings. The molecule has 0 aromatic rings. The average Bonchev–Trinajstić information content (AvgIpc) is 2.13. The van der Waals surface area contributed by atoms with Gasteiger partial charge in [0.25, 0.3) is 11.9 Å². The van der Waals surface area contributed by atoms with Crippen molar-refractivity contribution in [1.82, 2.24) is 0 Å². The first-order valence-corrected chi connectivity index (χ1v) is 4.89. The fraction of sp³-hybridized carbons (Fsp3) is 0.667. The van der Waals surface area contributed by atoms with Crippen LogP contribution in [0.15, 0.2) is 0 Å². The molecule has 0 aliphatic carbocycles. The van der Waals surface area contributed by atoms with Gasteiger partial charge < -0.3 is 9.47 Å². The van der Waals surface area contributed by atoms with E-state index in [9.17, 15) is 9.59 Å². The molecule has 96 valence electrons. The summed E-state index contributed by atoms with van der Waals surface area (Å²) in [5.41, 5.74) is -0.830. The molecule has 0 aromatic heterocycles. The van der Waals surface area contributed by atoms with Gasteiger partial charge in [-0.3, -0.25) is 9.59 Å². The summed E-state index contributed by atoms with van der Waals surface area (Å²) >= 11 is 0. The first kappa shape index (κ1) is 21.8. The molecule has 0 aromatic carbocycles. The van der Waals surface area contributed by atoms with Crippen LogP contribution in [0.5, 0.6) is 0 Å². The zero-order valence-electron chi connectivity index (χ0n) is 11.8. The number of carbonyl (C=O) groups is 2. The summed E-state index contributed by atoms with van der Waals surface area (Å²) in [6.07, 6.45) is 0. The molecule has 0 aliphatic heterocycles. The zero-order valence-corrected chi connectivity index (χ0v) is 14.7. The summed E-state index contributed by atoms with van der Waals surface area (Å²) in [6, 6.07) is 0. The fourth-order valence-corrected chi connectivity index (χ4v) is 0.433. The minimum absolute atomic E-state index is 0. The predicted molar refractivity (Wildman–Crippen MR) is 61.8 cm³/mol. The Bertz CT molecular complexity index is 210. The van der Waals surface area contributed by atoms with E-state index in [1.165, 1.54) is 0 Å². The van der Waals surface area contributed by atoms with E-state index in [4.69, 9.17) is 0 Å². The van der Waals surface area contributed by atoms with Crippen molar-refractivity contribution in [3.63, 3.8) is 0 Å². The SMILES string of the molecule is [CH2-]OC(=O)C(C)(C)C.[CH2-]OC(=O)C(C)(C)C.[Zn+2]. The summed E-state index contributed by atoms with van der Waals surface area (Å²) in [7, 11) is 6.01. The Hall–Kier alpha value is -0.437. The second kappa shape index (κ2) is 8.62. The van der Waals surface area contributed by atoms with Crippen LogP contribution in [-0.4, -0.2) is 11.9 Å². The summed E-state index contributed by atoms with van der Waals surface area (Å²) in [5, 5.41) is 0. The van der Waals surface area contributed by atoms with Gasteiger partial charge in [0.05, 0.1) is 10.8 Å². The maximum atomic E-state index is 10.5. The van der Waals surface area contributed by atoms with E-state index in [-0.39, 0.29) is 31.4 Å². The monoisotopic (exact) mass is 294 g/mol. The van der Waals surface area contributed by atoms with Crippen LogP contribution < -0.4 is 0 Å². The molecular weight excluding hydrogens is 274 g/mol. The zero-order chi connectivity index (χ0) is 13.6. The van der Waals surface area contributed by atoms with Gasteiger partial charge in [0.1, 0.15) is 0 Å². The molecule has 5 heteroatoms. The van der Waals surface area contributed by atoms with Crippen molar-refractivity contribution >= 4 is 11.9 Å². The second-order valence-corrected chi connectivity index (χ2v) is 5.36. The molecule has 0 saturated carbocycles. The van der Waals surface area contributed by atoms with E-state index >= 15 is 0 Å². The van der Waals surface area contributed by atoms with Crippen LogP contribution in [0.4, 0.5) is 0 Å². The van der Waals surface area contributed by atoms with Gasteiger partial charge in [0, 0.05) is 0 Å². The van der Waals surface area contributed by atoms with Gasteiger partial charge >= 0.3 is 19.5 Å². The Labute approximate surface area is 117 Å². The van der Waals surface area contributed by atoms with Gasteiger partial charge in [0.15, 0.2) is 0 Å². The van der Waals surface area contributed by atoms with E-state index in [2.05, 4.69) is 23.7 Å². The Morgan fingerprint density at radius 2 is 0.941 bits per heavy atom. The van der Waals surface area contributed by atoms with Crippen molar-refractivity contribution in [2.75, 3.05) is 0 Å². The molecular formula is C12H22O4Zn. The number of ether oxygens (including phenoxy) is 2. The molecule has 0 amide bonds. The molecule has 0 spiro atoms. The summed E-state index contributed by atoms with van der Waals surface area (Å²) < 4.78 is 8.45. The van der Waals surface area contributed by atoms with Crippen molar-refractivity contribution in [3.8, 4) is 0 Å². The average molecular weight is 296 g/mol. The normalized spacial score (nSPS) is 10.4. The van der Waals surface area contributed by atoms with Gasteiger partial charge in [-0.1, -0.05) is 0 Å². The Kier molecular flexibility index (Phi) is 11.1. The molecule has 0 N–H and O–H groups in total. The molecule has 0 aliphatic rings. The minimum Gasteiger partial charge on any atom is -0.640 e. The van der Waals surface area contributed by atoms with Crippen molar-refractivity contribution in [3.05, 3.63) is 14.2 Å². The standard InChI is InChI=1S/2C6H11O2.Zn/c2*1-6(2,3)5(7)8-4;/h2*4H2,1-3H3;/q2*-1;+2. The molecule has 4 nitrogen and oxygen atoms in total. The third-order valence-electron chi connectivity index (χ3n) is 1.49. The van der Waals surface area contributed by atoms with E-state index in [0.29, 0.717) is 0 Å². The Balaban J connectivity index is -0.000000218. The smallest absolute Gasteiger partial charge is 0.640 e. The largest absolute Gasteiger partial charge is 2.00 e. The Morgan fingerprint density at radius 3 is 0.941 bits per heavy atom. The first-order chi connectivity index (χ1) is 6.96. The summed E-state index contributed by atoms with van der Waals surface area (Å²) in [6.45, 7) is 10.7. The maximum absolute atomic E-state index is 10.5. The minimum atomic E-state index is -0.415. The van der Waals surface area contributed by atoms with Crippen molar-refractivity contribution < 1.29 is 38.5 Å². The van der Waals surface area contributed by atoms with Crippen LogP contribution >= 0.6 is 0 Å². The van der Waals surface area contributed by atoms with E-state index in [0.717, 1.165) is 0 Å². The van der Waals surface area contributed by atoms with Gasteiger partial charge in [-0.2, -0.15) is 14.2 Å². The maximum Gasteiger partial charge on any atom is 2.00 e. The predicted octanol–water partition coefficient (Wildman–Crippen LogP) is 2.73. The number of rotatable bonds is 0. The van der Waals surface area contributed by atoms with Crippen molar-refractivity contribution in [2.45, 2.75) is 41.5 Å². The third-order valence-corrected chi connectivity index (χ3v) is 1.49. The van der Waals surface area contributed by atoms with E-state index in [1.807, 2.05) is 0 Å². The van der Waals surface area contributed by atoms with Gasteiger partial charge in [-0.15, -0.1) is 0 Å². The molecule has 0 radical (unpaired) electrons. The second-order valence-electron chi connectivity index (χ2n) is 5.36. The molecule has 17 heavy (non-hydrogen) atoms. The first-order valence-electron chi connectivity index (χ1n) is 4.89. The van der Waals surface area contributed by atoms with E-state index < -0.39 is 10.8 Å². The van der Waals surface area contributed by atoms with Crippen LogP contribution in [0, 0.1) is 25.0 Å². The number of hydrogen-bond acceptors (Lipinski definition) is 4. The van der Waals surface area contributed by atoms with Gasteiger partial charge in [0.2, 0.25) is 0 Å². The summed E-state index contributed by atoms with van der Waals surface area (Å²) in [4.78, 5) is 21.1. The molecule has 0 bridgehead atoms. The molecule has 0 atom stereocenters. The summed E-state index contributed by atoms with van der Waals surface area (Å²) in [5.74, 6) is -0.560. The molecule has 0 saturated heterocycles. The molecule has 0 rings (SSSR count). The quantitative estimate of drug-likeness (QED) is 0.392. The number of hydrogen-bond donors (Lipinski definition) is 0. The number of esters is 2. The van der Waals surface area contributed by atoms with E-state index in [1.54, 1.807) is 41.5 Å². The van der Waals surface area contributed by atoms with Crippen LogP contribution in [-0.2, 0) is 38.5 Å². The Morgan fingerprint density at radius 1 is 0.765 bits per heavy atom. The van der Waals surface area contributed by atoms with Gasteiger partial charge in [-0.25, -0.2) is 0 Å². The van der Waals surface area contributed by atoms with Crippen LogP contribution in [0.3, 0.4) is 0 Å². The fourth-order valence-electron chi connectivity index (χ4n) is 0.433.